The largest absolute Gasteiger partial charge is 0.336 e. The molecular weight excluding hydrogens is 374 g/mol. The molecule has 3 fully saturated rings. The van der Waals surface area contributed by atoms with E-state index in [4.69, 9.17) is 11.6 Å². The Morgan fingerprint density at radius 3 is 2.54 bits per heavy atom. The lowest BCUT2D eigenvalue weighted by Crippen LogP contribution is -2.45. The Bertz CT molecular complexity index is 865. The molecule has 1 aromatic heterocycles. The Hall–Kier alpha value is -1.92. The minimum atomic E-state index is -0.0617. The van der Waals surface area contributed by atoms with Gasteiger partial charge in [0.05, 0.1) is 10.7 Å². The van der Waals surface area contributed by atoms with Crippen LogP contribution in [0.5, 0.6) is 0 Å². The van der Waals surface area contributed by atoms with Gasteiger partial charge in [-0.05, 0) is 63.1 Å². The van der Waals surface area contributed by atoms with Crippen LogP contribution >= 0.6 is 11.6 Å². The van der Waals surface area contributed by atoms with E-state index in [2.05, 4.69) is 15.4 Å². The van der Waals surface area contributed by atoms with Crippen LogP contribution in [-0.2, 0) is 0 Å². The Labute approximate surface area is 170 Å². The van der Waals surface area contributed by atoms with Crippen molar-refractivity contribution in [3.05, 3.63) is 40.9 Å². The molecule has 1 saturated heterocycles. The van der Waals surface area contributed by atoms with Crippen molar-refractivity contribution in [1.29, 1.82) is 0 Å². The van der Waals surface area contributed by atoms with E-state index in [9.17, 15) is 4.79 Å². The number of amides is 1. The number of benzene rings is 1. The Morgan fingerprint density at radius 2 is 1.86 bits per heavy atom. The third kappa shape index (κ3) is 3.80. The number of piperidine rings is 1. The molecule has 2 aliphatic carbocycles. The third-order valence-corrected chi connectivity index (χ3v) is 6.34. The zero-order valence-corrected chi connectivity index (χ0v) is 16.7. The summed E-state index contributed by atoms with van der Waals surface area (Å²) in [5.41, 5.74) is 0.792. The van der Waals surface area contributed by atoms with E-state index < -0.39 is 0 Å². The molecule has 5 rings (SSSR count). The van der Waals surface area contributed by atoms with Crippen LogP contribution in [0.15, 0.2) is 24.3 Å². The molecule has 0 bridgehead atoms. The van der Waals surface area contributed by atoms with Crippen LogP contribution in [0.4, 0.5) is 0 Å². The molecule has 6 nitrogen and oxygen atoms in total. The second-order valence-corrected chi connectivity index (χ2v) is 8.76. The summed E-state index contributed by atoms with van der Waals surface area (Å²) in [6.45, 7) is 2.66. The number of rotatable bonds is 6. The van der Waals surface area contributed by atoms with E-state index in [1.807, 2.05) is 29.2 Å². The lowest BCUT2D eigenvalue weighted by atomic mass is 10.0. The number of para-hydroxylation sites is 1. The first-order valence-corrected chi connectivity index (χ1v) is 10.8. The maximum absolute atomic E-state index is 13.0. The summed E-state index contributed by atoms with van der Waals surface area (Å²) < 4.78 is 1.77. The number of nitrogens with zero attached hydrogens (tertiary/aromatic N) is 4. The van der Waals surface area contributed by atoms with Gasteiger partial charge in [-0.3, -0.25) is 4.79 Å². The van der Waals surface area contributed by atoms with Gasteiger partial charge in [0.2, 0.25) is 5.82 Å². The minimum absolute atomic E-state index is 0.0617. The number of hydrogen-bond donors (Lipinski definition) is 1. The quantitative estimate of drug-likeness (QED) is 0.808. The van der Waals surface area contributed by atoms with Gasteiger partial charge in [-0.2, -0.15) is 0 Å². The van der Waals surface area contributed by atoms with Gasteiger partial charge in [-0.25, -0.2) is 9.67 Å². The van der Waals surface area contributed by atoms with E-state index in [0.717, 1.165) is 62.7 Å². The molecule has 0 spiro atoms. The minimum Gasteiger partial charge on any atom is -0.336 e. The van der Waals surface area contributed by atoms with Crippen LogP contribution in [0.3, 0.4) is 0 Å². The van der Waals surface area contributed by atoms with E-state index >= 15 is 0 Å². The van der Waals surface area contributed by atoms with Crippen molar-refractivity contribution in [3.63, 3.8) is 0 Å². The molecule has 1 N–H and O–H groups in total. The summed E-state index contributed by atoms with van der Waals surface area (Å²) in [6.07, 6.45) is 6.92. The first-order chi connectivity index (χ1) is 13.7. The van der Waals surface area contributed by atoms with Crippen molar-refractivity contribution in [1.82, 2.24) is 25.0 Å². The van der Waals surface area contributed by atoms with Crippen molar-refractivity contribution < 1.29 is 4.79 Å². The van der Waals surface area contributed by atoms with Crippen LogP contribution in [-0.4, -0.2) is 51.2 Å². The predicted molar refractivity (Wildman–Crippen MR) is 108 cm³/mol. The number of likely N-dealkylation sites (tertiary alicyclic amines) is 1. The van der Waals surface area contributed by atoms with Gasteiger partial charge in [0.1, 0.15) is 5.82 Å². The summed E-state index contributed by atoms with van der Waals surface area (Å²) >= 11 is 6.37. The number of carbonyl (C=O) groups is 1. The highest BCUT2D eigenvalue weighted by molar-refractivity contribution is 6.32. The molecular formula is C21H26ClN5O. The highest BCUT2D eigenvalue weighted by Crippen LogP contribution is 2.40. The molecule has 0 radical (unpaired) electrons. The van der Waals surface area contributed by atoms with Crippen molar-refractivity contribution in [2.75, 3.05) is 19.6 Å². The summed E-state index contributed by atoms with van der Waals surface area (Å²) in [5.74, 6) is 2.36. The van der Waals surface area contributed by atoms with Crippen LogP contribution in [0.2, 0.25) is 5.02 Å². The fraction of sp³-hybridized carbons (Fsp3) is 0.571. The molecule has 0 atom stereocenters. The molecule has 0 unspecified atom stereocenters. The topological polar surface area (TPSA) is 63.1 Å². The Kier molecular flexibility index (Phi) is 4.85. The van der Waals surface area contributed by atoms with Crippen LogP contribution in [0.25, 0.3) is 5.69 Å². The van der Waals surface area contributed by atoms with Gasteiger partial charge < -0.3 is 10.2 Å². The lowest BCUT2D eigenvalue weighted by Gasteiger charge is -2.31. The number of carbonyl (C=O) groups excluding carboxylic acids is 1. The van der Waals surface area contributed by atoms with E-state index in [1.54, 1.807) is 4.68 Å². The van der Waals surface area contributed by atoms with E-state index in [1.165, 1.54) is 12.8 Å². The maximum atomic E-state index is 13.0. The maximum Gasteiger partial charge on any atom is 0.293 e. The van der Waals surface area contributed by atoms with Gasteiger partial charge in [-0.1, -0.05) is 23.7 Å². The molecule has 7 heteroatoms. The molecule has 1 amide bonds. The molecule has 28 heavy (non-hydrogen) atoms. The van der Waals surface area contributed by atoms with Crippen molar-refractivity contribution in [2.24, 2.45) is 5.92 Å². The normalized spacial score (nSPS) is 20.5. The van der Waals surface area contributed by atoms with Crippen molar-refractivity contribution >= 4 is 17.5 Å². The Morgan fingerprint density at radius 1 is 1.11 bits per heavy atom. The summed E-state index contributed by atoms with van der Waals surface area (Å²) in [7, 11) is 0. The fourth-order valence-corrected chi connectivity index (χ4v) is 4.12. The monoisotopic (exact) mass is 399 g/mol. The summed E-state index contributed by atoms with van der Waals surface area (Å²) in [4.78, 5) is 19.6. The van der Waals surface area contributed by atoms with Crippen molar-refractivity contribution in [3.8, 4) is 5.69 Å². The highest BCUT2D eigenvalue weighted by Gasteiger charge is 2.34. The van der Waals surface area contributed by atoms with Gasteiger partial charge in [0, 0.05) is 25.0 Å². The lowest BCUT2D eigenvalue weighted by molar-refractivity contribution is 0.0692. The number of halogens is 1. The second-order valence-electron chi connectivity index (χ2n) is 8.35. The van der Waals surface area contributed by atoms with Crippen LogP contribution < -0.4 is 5.32 Å². The number of hydrogen-bond acceptors (Lipinski definition) is 4. The van der Waals surface area contributed by atoms with Gasteiger partial charge >= 0.3 is 0 Å². The second kappa shape index (κ2) is 7.48. The standard InChI is InChI=1S/C21H26ClN5O/c22-17-3-1-2-4-18(17)27-20(15-7-8-15)24-19(25-27)21(28)26-11-9-16(10-12-26)23-13-14-5-6-14/h1-4,14-16,23H,5-13H2. The SMILES string of the molecule is O=C(c1nc(C2CC2)n(-c2ccccc2Cl)n1)N1CCC(NCC2CC2)CC1. The van der Waals surface area contributed by atoms with Gasteiger partial charge in [0.15, 0.2) is 0 Å². The molecule has 148 valence electrons. The fourth-order valence-electron chi connectivity index (χ4n) is 3.90. The molecule has 2 saturated carbocycles. The molecule has 3 aliphatic rings. The molecule has 2 heterocycles. The number of aromatic nitrogens is 3. The molecule has 1 aliphatic heterocycles. The smallest absolute Gasteiger partial charge is 0.293 e. The zero-order chi connectivity index (χ0) is 19.1. The predicted octanol–water partition coefficient (Wildman–Crippen LogP) is 3.40. The van der Waals surface area contributed by atoms with E-state index in [-0.39, 0.29) is 5.91 Å². The summed E-state index contributed by atoms with van der Waals surface area (Å²) in [5, 5.41) is 8.86. The number of nitrogens with one attached hydrogen (secondary N) is 1. The first-order valence-electron chi connectivity index (χ1n) is 10.4. The molecule has 1 aromatic carbocycles. The average Bonchev–Trinajstić information content (AvgIpc) is 3.65. The third-order valence-electron chi connectivity index (χ3n) is 6.02. The average molecular weight is 400 g/mol. The van der Waals surface area contributed by atoms with Gasteiger partial charge in [0.25, 0.3) is 5.91 Å². The van der Waals surface area contributed by atoms with E-state index in [0.29, 0.717) is 22.8 Å². The first kappa shape index (κ1) is 18.1. The zero-order valence-electron chi connectivity index (χ0n) is 16.0. The van der Waals surface area contributed by atoms with Gasteiger partial charge in [-0.15, -0.1) is 5.10 Å². The Balaban J connectivity index is 1.30. The highest BCUT2D eigenvalue weighted by atomic mass is 35.5. The summed E-state index contributed by atoms with van der Waals surface area (Å²) in [6, 6.07) is 8.12. The van der Waals surface area contributed by atoms with Crippen LogP contribution in [0.1, 0.15) is 60.9 Å². The van der Waals surface area contributed by atoms with Crippen molar-refractivity contribution in [2.45, 2.75) is 50.5 Å². The van der Waals surface area contributed by atoms with Crippen LogP contribution in [0, 0.1) is 5.92 Å². The molecule has 2 aromatic rings.